The molecule has 0 aliphatic rings. The average molecular weight is 388 g/mol. The third kappa shape index (κ3) is 3.14. The van der Waals surface area contributed by atoms with Crippen molar-refractivity contribution in [1.29, 1.82) is 0 Å². The Hall–Kier alpha value is -2.34. The molecule has 6 heteroatoms. The molecular weight excluding hydrogens is 370 g/mol. The highest BCUT2D eigenvalue weighted by molar-refractivity contribution is 9.10. The number of aromatic nitrogens is 1. The third-order valence-electron chi connectivity index (χ3n) is 4.00. The number of hydrogen-bond donors (Lipinski definition) is 1. The summed E-state index contributed by atoms with van der Waals surface area (Å²) in [4.78, 5) is 12.2. The summed E-state index contributed by atoms with van der Waals surface area (Å²) in [7, 11) is 0. The molecule has 0 aliphatic heterocycles. The molecule has 1 amide bonds. The van der Waals surface area contributed by atoms with E-state index in [1.807, 2.05) is 31.2 Å². The fourth-order valence-corrected chi connectivity index (χ4v) is 3.17. The van der Waals surface area contributed by atoms with E-state index in [2.05, 4.69) is 44.9 Å². The lowest BCUT2D eigenvalue weighted by atomic mass is 10.2. The van der Waals surface area contributed by atoms with Crippen molar-refractivity contribution in [1.82, 2.24) is 9.99 Å². The number of aryl methyl sites for hydroxylation is 1. The Morgan fingerprint density at radius 2 is 2.12 bits per heavy atom. The maximum absolute atomic E-state index is 12.2. The molecule has 0 spiro atoms. The molecule has 2 heterocycles. The molecule has 5 nitrogen and oxygen atoms in total. The lowest BCUT2D eigenvalue weighted by Crippen LogP contribution is -2.16. The number of nitrogens with one attached hydrogen (secondary N) is 1. The van der Waals surface area contributed by atoms with Crippen molar-refractivity contribution in [3.05, 3.63) is 57.5 Å². The first-order valence-electron chi connectivity index (χ1n) is 7.69. The minimum Gasteiger partial charge on any atom is -0.451 e. The van der Waals surface area contributed by atoms with Gasteiger partial charge in [0.2, 0.25) is 0 Å². The lowest BCUT2D eigenvalue weighted by Gasteiger charge is -2.04. The van der Waals surface area contributed by atoms with Crippen molar-refractivity contribution in [3.63, 3.8) is 0 Å². The minimum atomic E-state index is -0.372. The highest BCUT2D eigenvalue weighted by atomic mass is 79.9. The monoisotopic (exact) mass is 387 g/mol. The Morgan fingerprint density at radius 1 is 1.33 bits per heavy atom. The zero-order valence-electron chi connectivity index (χ0n) is 13.8. The predicted octanol–water partition coefficient (Wildman–Crippen LogP) is 4.40. The molecule has 0 fully saturated rings. The van der Waals surface area contributed by atoms with Crippen LogP contribution < -0.4 is 5.43 Å². The van der Waals surface area contributed by atoms with E-state index in [-0.39, 0.29) is 11.7 Å². The number of amides is 1. The summed E-state index contributed by atoms with van der Waals surface area (Å²) in [5, 5.41) is 4.91. The van der Waals surface area contributed by atoms with Crippen molar-refractivity contribution < 1.29 is 9.21 Å². The Kier molecular flexibility index (Phi) is 4.57. The van der Waals surface area contributed by atoms with Crippen LogP contribution in [0.25, 0.3) is 11.0 Å². The second-order valence-corrected chi connectivity index (χ2v) is 6.48. The van der Waals surface area contributed by atoms with Crippen LogP contribution in [0.15, 0.2) is 44.3 Å². The number of halogens is 1. The second-order valence-electron chi connectivity index (χ2n) is 5.56. The van der Waals surface area contributed by atoms with Gasteiger partial charge in [0.15, 0.2) is 5.76 Å². The van der Waals surface area contributed by atoms with Gasteiger partial charge in [0.05, 0.1) is 6.21 Å². The standard InChI is InChI=1S/C18H18BrN3O2/c1-4-22-11(2)7-14(12(22)3)10-20-21-18(23)17-9-13-8-15(19)5-6-16(13)24-17/h5-10H,4H2,1-3H3,(H,21,23)/b20-10+. The molecule has 124 valence electrons. The molecule has 2 aromatic heterocycles. The number of hydrazone groups is 1. The van der Waals surface area contributed by atoms with Crippen LogP contribution >= 0.6 is 15.9 Å². The zero-order chi connectivity index (χ0) is 17.3. The maximum Gasteiger partial charge on any atom is 0.307 e. The van der Waals surface area contributed by atoms with E-state index in [0.717, 1.165) is 27.7 Å². The van der Waals surface area contributed by atoms with Crippen LogP contribution in [0, 0.1) is 13.8 Å². The molecule has 24 heavy (non-hydrogen) atoms. The lowest BCUT2D eigenvalue weighted by molar-refractivity contribution is 0.0929. The molecule has 0 saturated carbocycles. The van der Waals surface area contributed by atoms with E-state index in [1.165, 1.54) is 5.69 Å². The third-order valence-corrected chi connectivity index (χ3v) is 4.49. The number of carbonyl (C=O) groups excluding carboxylic acids is 1. The van der Waals surface area contributed by atoms with Gasteiger partial charge in [-0.3, -0.25) is 4.79 Å². The van der Waals surface area contributed by atoms with Crippen molar-refractivity contribution in [3.8, 4) is 0 Å². The summed E-state index contributed by atoms with van der Waals surface area (Å²) >= 11 is 3.40. The van der Waals surface area contributed by atoms with E-state index in [1.54, 1.807) is 12.3 Å². The van der Waals surface area contributed by atoms with E-state index in [0.29, 0.717) is 5.58 Å². The van der Waals surface area contributed by atoms with Crippen molar-refractivity contribution in [2.24, 2.45) is 5.10 Å². The predicted molar refractivity (Wildman–Crippen MR) is 98.6 cm³/mol. The largest absolute Gasteiger partial charge is 0.451 e. The van der Waals surface area contributed by atoms with E-state index < -0.39 is 0 Å². The number of carbonyl (C=O) groups is 1. The van der Waals surface area contributed by atoms with Gasteiger partial charge in [0.25, 0.3) is 0 Å². The van der Waals surface area contributed by atoms with Gasteiger partial charge in [0.1, 0.15) is 5.58 Å². The number of rotatable bonds is 4. The molecule has 3 aromatic rings. The maximum atomic E-state index is 12.2. The topological polar surface area (TPSA) is 59.5 Å². The number of fused-ring (bicyclic) bond motifs is 1. The molecule has 0 saturated heterocycles. The zero-order valence-corrected chi connectivity index (χ0v) is 15.3. The SMILES string of the molecule is CCn1c(C)cc(/C=N/NC(=O)c2cc3cc(Br)ccc3o2)c1C. The van der Waals surface area contributed by atoms with Crippen LogP contribution in [-0.4, -0.2) is 16.7 Å². The van der Waals surface area contributed by atoms with Gasteiger partial charge in [-0.25, -0.2) is 5.43 Å². The van der Waals surface area contributed by atoms with E-state index >= 15 is 0 Å². The van der Waals surface area contributed by atoms with Crippen LogP contribution in [0.3, 0.4) is 0 Å². The molecule has 0 unspecified atom stereocenters. The number of furan rings is 1. The normalized spacial score (nSPS) is 11.5. The van der Waals surface area contributed by atoms with Crippen LogP contribution in [0.1, 0.15) is 34.4 Å². The molecule has 1 N–H and O–H groups in total. The number of nitrogens with zero attached hydrogens (tertiary/aromatic N) is 2. The van der Waals surface area contributed by atoms with Gasteiger partial charge in [0, 0.05) is 33.4 Å². The molecular formula is C18H18BrN3O2. The summed E-state index contributed by atoms with van der Waals surface area (Å²) < 4.78 is 8.67. The van der Waals surface area contributed by atoms with Crippen LogP contribution in [0.4, 0.5) is 0 Å². The summed E-state index contributed by atoms with van der Waals surface area (Å²) in [5.74, 6) is -0.137. The Bertz CT molecular complexity index is 937. The van der Waals surface area contributed by atoms with Gasteiger partial charge in [-0.1, -0.05) is 15.9 Å². The fourth-order valence-electron chi connectivity index (χ4n) is 2.79. The van der Waals surface area contributed by atoms with Gasteiger partial charge in [-0.15, -0.1) is 0 Å². The van der Waals surface area contributed by atoms with Crippen molar-refractivity contribution in [2.45, 2.75) is 27.3 Å². The van der Waals surface area contributed by atoms with Gasteiger partial charge in [-0.05, 0) is 51.1 Å². The van der Waals surface area contributed by atoms with E-state index in [9.17, 15) is 4.79 Å². The molecule has 0 aliphatic carbocycles. The number of hydrogen-bond acceptors (Lipinski definition) is 3. The highest BCUT2D eigenvalue weighted by Gasteiger charge is 2.12. The molecule has 0 atom stereocenters. The van der Waals surface area contributed by atoms with Gasteiger partial charge < -0.3 is 8.98 Å². The van der Waals surface area contributed by atoms with Crippen molar-refractivity contribution in [2.75, 3.05) is 0 Å². The van der Waals surface area contributed by atoms with Gasteiger partial charge in [-0.2, -0.15) is 5.10 Å². The number of benzene rings is 1. The summed E-state index contributed by atoms with van der Waals surface area (Å²) in [6, 6.07) is 9.34. The smallest absolute Gasteiger partial charge is 0.307 e. The summed E-state index contributed by atoms with van der Waals surface area (Å²) in [5.41, 5.74) is 6.47. The van der Waals surface area contributed by atoms with Crippen molar-refractivity contribution >= 4 is 39.0 Å². The molecule has 0 radical (unpaired) electrons. The Balaban J connectivity index is 1.74. The molecule has 3 rings (SSSR count). The quantitative estimate of drug-likeness (QED) is 0.532. The molecule has 1 aromatic carbocycles. The highest BCUT2D eigenvalue weighted by Crippen LogP contribution is 2.23. The first kappa shape index (κ1) is 16.5. The Labute approximate surface area is 148 Å². The van der Waals surface area contributed by atoms with Crippen LogP contribution in [0.2, 0.25) is 0 Å². The van der Waals surface area contributed by atoms with Crippen LogP contribution in [0.5, 0.6) is 0 Å². The molecule has 0 bridgehead atoms. The second kappa shape index (κ2) is 6.65. The summed E-state index contributed by atoms with van der Waals surface area (Å²) in [6.45, 7) is 7.10. The first-order valence-corrected chi connectivity index (χ1v) is 8.48. The van der Waals surface area contributed by atoms with Gasteiger partial charge >= 0.3 is 5.91 Å². The average Bonchev–Trinajstić information content (AvgIpc) is 3.08. The fraction of sp³-hybridized carbons (Fsp3) is 0.222. The van der Waals surface area contributed by atoms with Crippen LogP contribution in [-0.2, 0) is 6.54 Å². The Morgan fingerprint density at radius 3 is 2.83 bits per heavy atom. The summed E-state index contributed by atoms with van der Waals surface area (Å²) in [6.07, 6.45) is 1.66. The first-order chi connectivity index (χ1) is 11.5. The minimum absolute atomic E-state index is 0.235. The van der Waals surface area contributed by atoms with E-state index in [4.69, 9.17) is 4.42 Å².